The molecule has 1 fully saturated rings. The first-order valence-electron chi connectivity index (χ1n) is 12.9. The highest BCUT2D eigenvalue weighted by Gasteiger charge is 2.36. The zero-order chi connectivity index (χ0) is 25.6. The molecule has 1 atom stereocenters. The quantitative estimate of drug-likeness (QED) is 0.395. The Bertz CT molecular complexity index is 1220. The summed E-state index contributed by atoms with van der Waals surface area (Å²) in [6.45, 7) is 2.48. The summed E-state index contributed by atoms with van der Waals surface area (Å²) in [6.07, 6.45) is 5.43. The number of amides is 2. The highest BCUT2D eigenvalue weighted by Crippen LogP contribution is 2.40. The molecule has 1 aliphatic heterocycles. The smallest absolute Gasteiger partial charge is 0.248 e. The van der Waals surface area contributed by atoms with Crippen molar-refractivity contribution in [2.45, 2.75) is 57.5 Å². The molecule has 0 bridgehead atoms. The monoisotopic (exact) mass is 520 g/mol. The van der Waals surface area contributed by atoms with Crippen molar-refractivity contribution in [1.29, 1.82) is 0 Å². The standard InChI is InChI=1S/C29H32N2O5S/c1-2-34-24-13-7-6-12-23(24)28(29(33)30-20-9-4-3-5-10-20)31(27(32)18-22-11-8-16-37-22)21-14-15-25-26(17-21)36-19-35-25/h6-8,11-17,20,28H,2-5,9-10,18-19H2,1H3,(H,30,33). The summed E-state index contributed by atoms with van der Waals surface area (Å²) < 4.78 is 17.1. The van der Waals surface area contributed by atoms with Gasteiger partial charge in [0.25, 0.3) is 0 Å². The summed E-state index contributed by atoms with van der Waals surface area (Å²) in [4.78, 5) is 30.7. The van der Waals surface area contributed by atoms with Crippen molar-refractivity contribution in [2.75, 3.05) is 18.3 Å². The van der Waals surface area contributed by atoms with E-state index in [4.69, 9.17) is 14.2 Å². The Balaban J connectivity index is 1.59. The van der Waals surface area contributed by atoms with E-state index >= 15 is 0 Å². The number of carbonyl (C=O) groups is 2. The third kappa shape index (κ3) is 5.74. The number of fused-ring (bicyclic) bond motifs is 1. The zero-order valence-electron chi connectivity index (χ0n) is 21.0. The maximum Gasteiger partial charge on any atom is 0.248 e. The van der Waals surface area contributed by atoms with E-state index in [0.29, 0.717) is 35.1 Å². The molecule has 194 valence electrons. The number of thiophene rings is 1. The summed E-state index contributed by atoms with van der Waals surface area (Å²) in [5, 5.41) is 5.21. The van der Waals surface area contributed by atoms with E-state index < -0.39 is 6.04 Å². The summed E-state index contributed by atoms with van der Waals surface area (Å²) >= 11 is 1.52. The number of nitrogens with one attached hydrogen (secondary N) is 1. The van der Waals surface area contributed by atoms with E-state index in [1.165, 1.54) is 17.8 Å². The molecule has 1 N–H and O–H groups in total. The van der Waals surface area contributed by atoms with Crippen LogP contribution in [-0.4, -0.2) is 31.3 Å². The maximum absolute atomic E-state index is 14.1. The Morgan fingerprint density at radius 2 is 1.86 bits per heavy atom. The van der Waals surface area contributed by atoms with Crippen LogP contribution in [0.25, 0.3) is 0 Å². The van der Waals surface area contributed by atoms with Crippen LogP contribution in [0.5, 0.6) is 17.2 Å². The Morgan fingerprint density at radius 1 is 1.05 bits per heavy atom. The Morgan fingerprint density at radius 3 is 2.65 bits per heavy atom. The van der Waals surface area contributed by atoms with Crippen molar-refractivity contribution in [1.82, 2.24) is 5.32 Å². The Labute approximate surface area is 221 Å². The largest absolute Gasteiger partial charge is 0.493 e. The van der Waals surface area contributed by atoms with Gasteiger partial charge in [-0.3, -0.25) is 14.5 Å². The van der Waals surface area contributed by atoms with E-state index in [-0.39, 0.29) is 31.1 Å². The Hall–Kier alpha value is -3.52. The van der Waals surface area contributed by atoms with Crippen molar-refractivity contribution >= 4 is 28.8 Å². The fourth-order valence-corrected chi connectivity index (χ4v) is 5.73. The summed E-state index contributed by atoms with van der Waals surface area (Å²) in [5.74, 6) is 1.36. The Kier molecular flexibility index (Phi) is 7.94. The minimum absolute atomic E-state index is 0.0917. The molecule has 1 unspecified atom stereocenters. The molecule has 2 aromatic carbocycles. The molecule has 5 rings (SSSR count). The van der Waals surface area contributed by atoms with Gasteiger partial charge < -0.3 is 19.5 Å². The molecule has 1 aliphatic carbocycles. The number of ether oxygens (including phenoxy) is 3. The van der Waals surface area contributed by atoms with E-state index in [1.54, 1.807) is 17.0 Å². The van der Waals surface area contributed by atoms with Crippen LogP contribution in [0.3, 0.4) is 0 Å². The molecule has 7 nitrogen and oxygen atoms in total. The van der Waals surface area contributed by atoms with Crippen LogP contribution in [-0.2, 0) is 16.0 Å². The van der Waals surface area contributed by atoms with Gasteiger partial charge in [0, 0.05) is 28.2 Å². The van der Waals surface area contributed by atoms with Crippen LogP contribution in [0.15, 0.2) is 60.0 Å². The average molecular weight is 521 g/mol. The van der Waals surface area contributed by atoms with Crippen LogP contribution in [0.1, 0.15) is 55.5 Å². The molecule has 3 aromatic rings. The van der Waals surface area contributed by atoms with E-state index in [1.807, 2.05) is 54.8 Å². The van der Waals surface area contributed by atoms with Crippen molar-refractivity contribution in [2.24, 2.45) is 0 Å². The molecule has 2 aliphatic rings. The van der Waals surface area contributed by atoms with Crippen LogP contribution < -0.4 is 24.4 Å². The minimum atomic E-state index is -0.919. The number of rotatable bonds is 9. The van der Waals surface area contributed by atoms with Gasteiger partial charge in [-0.15, -0.1) is 11.3 Å². The van der Waals surface area contributed by atoms with Gasteiger partial charge in [0.05, 0.1) is 13.0 Å². The van der Waals surface area contributed by atoms with Gasteiger partial charge >= 0.3 is 0 Å². The van der Waals surface area contributed by atoms with Crippen LogP contribution in [0.2, 0.25) is 0 Å². The van der Waals surface area contributed by atoms with Gasteiger partial charge in [0.1, 0.15) is 11.8 Å². The van der Waals surface area contributed by atoms with Gasteiger partial charge in [-0.05, 0) is 49.4 Å². The topological polar surface area (TPSA) is 77.1 Å². The number of para-hydroxylation sites is 1. The number of nitrogens with zero attached hydrogens (tertiary/aromatic N) is 1. The molecular formula is C29H32N2O5S. The van der Waals surface area contributed by atoms with Crippen molar-refractivity contribution in [3.63, 3.8) is 0 Å². The molecule has 0 radical (unpaired) electrons. The normalized spacial score (nSPS) is 15.7. The van der Waals surface area contributed by atoms with Gasteiger partial charge in [-0.25, -0.2) is 0 Å². The molecule has 37 heavy (non-hydrogen) atoms. The summed E-state index contributed by atoms with van der Waals surface area (Å²) in [7, 11) is 0. The fourth-order valence-electron chi connectivity index (χ4n) is 5.04. The van der Waals surface area contributed by atoms with Crippen molar-refractivity contribution in [3.05, 3.63) is 70.4 Å². The molecule has 8 heteroatoms. The summed E-state index contributed by atoms with van der Waals surface area (Å²) in [6, 6.07) is 15.9. The van der Waals surface area contributed by atoms with Gasteiger partial charge in [-0.2, -0.15) is 0 Å². The van der Waals surface area contributed by atoms with Gasteiger partial charge in [0.2, 0.25) is 18.6 Å². The molecular weight excluding hydrogens is 488 g/mol. The SMILES string of the molecule is CCOc1ccccc1C(C(=O)NC1CCCCC1)N(C(=O)Cc1cccs1)c1ccc2c(c1)OCO2. The predicted molar refractivity (Wildman–Crippen MR) is 143 cm³/mol. The third-order valence-electron chi connectivity index (χ3n) is 6.78. The lowest BCUT2D eigenvalue weighted by molar-refractivity contribution is -0.127. The number of anilines is 1. The number of hydrogen-bond donors (Lipinski definition) is 1. The highest BCUT2D eigenvalue weighted by atomic mass is 32.1. The summed E-state index contributed by atoms with van der Waals surface area (Å²) in [5.41, 5.74) is 1.22. The lowest BCUT2D eigenvalue weighted by atomic mass is 9.94. The highest BCUT2D eigenvalue weighted by molar-refractivity contribution is 7.10. The molecule has 2 heterocycles. The van der Waals surface area contributed by atoms with Crippen LogP contribution in [0, 0.1) is 0 Å². The first-order valence-corrected chi connectivity index (χ1v) is 13.8. The molecule has 1 saturated carbocycles. The van der Waals surface area contributed by atoms with Gasteiger partial charge in [0.15, 0.2) is 11.5 Å². The van der Waals surface area contributed by atoms with Crippen LogP contribution in [0.4, 0.5) is 5.69 Å². The number of benzene rings is 2. The second kappa shape index (κ2) is 11.7. The molecule has 1 aromatic heterocycles. The second-order valence-corrected chi connectivity index (χ2v) is 10.3. The van der Waals surface area contributed by atoms with Crippen LogP contribution >= 0.6 is 11.3 Å². The molecule has 2 amide bonds. The fraction of sp³-hybridized carbons (Fsp3) is 0.379. The van der Waals surface area contributed by atoms with Gasteiger partial charge in [-0.1, -0.05) is 43.5 Å². The van der Waals surface area contributed by atoms with E-state index in [2.05, 4.69) is 5.32 Å². The number of carbonyl (C=O) groups excluding carboxylic acids is 2. The van der Waals surface area contributed by atoms with Crippen molar-refractivity contribution in [3.8, 4) is 17.2 Å². The van der Waals surface area contributed by atoms with E-state index in [9.17, 15) is 9.59 Å². The first-order chi connectivity index (χ1) is 18.1. The van der Waals surface area contributed by atoms with E-state index in [0.717, 1.165) is 30.6 Å². The number of hydrogen-bond acceptors (Lipinski definition) is 6. The molecule has 0 saturated heterocycles. The molecule has 0 spiro atoms. The third-order valence-corrected chi connectivity index (χ3v) is 7.66. The predicted octanol–water partition coefficient (Wildman–Crippen LogP) is 5.64. The maximum atomic E-state index is 14.1. The second-order valence-electron chi connectivity index (χ2n) is 9.27. The first kappa shape index (κ1) is 25.1. The lowest BCUT2D eigenvalue weighted by Crippen LogP contribution is -2.47. The average Bonchev–Trinajstić information content (AvgIpc) is 3.60. The minimum Gasteiger partial charge on any atom is -0.493 e. The van der Waals surface area contributed by atoms with Crippen molar-refractivity contribution < 1.29 is 23.8 Å². The lowest BCUT2D eigenvalue weighted by Gasteiger charge is -2.34. The zero-order valence-corrected chi connectivity index (χ0v) is 21.8.